The Bertz CT molecular complexity index is 198. The average molecular weight is 252 g/mol. The fourth-order valence-corrected chi connectivity index (χ4v) is 2.27. The largest absolute Gasteiger partial charge is 0.390 e. The van der Waals surface area contributed by atoms with Gasteiger partial charge in [0.2, 0.25) is 0 Å². The van der Waals surface area contributed by atoms with Gasteiger partial charge < -0.3 is 10.6 Å². The van der Waals surface area contributed by atoms with E-state index in [-0.39, 0.29) is 12.6 Å². The van der Waals surface area contributed by atoms with Gasteiger partial charge in [0.25, 0.3) is 0 Å². The van der Waals surface area contributed by atoms with Crippen molar-refractivity contribution in [1.29, 1.82) is 0 Å². The lowest BCUT2D eigenvalue weighted by Gasteiger charge is -2.21. The summed E-state index contributed by atoms with van der Waals surface area (Å²) in [6.45, 7) is 3.03. The van der Waals surface area contributed by atoms with Gasteiger partial charge in [-0.15, -0.1) is 0 Å². The van der Waals surface area contributed by atoms with Crippen LogP contribution in [0.15, 0.2) is 0 Å². The third-order valence-corrected chi connectivity index (χ3v) is 3.20. The van der Waals surface area contributed by atoms with E-state index in [0.717, 1.165) is 19.4 Å². The molecule has 0 aliphatic carbocycles. The van der Waals surface area contributed by atoms with Gasteiger partial charge in [-0.1, -0.05) is 12.8 Å². The predicted octanol–water partition coefficient (Wildman–Crippen LogP) is 2.84. The second kappa shape index (κ2) is 7.21. The summed E-state index contributed by atoms with van der Waals surface area (Å²) in [5.74, 6) is 0. The molecule has 1 rings (SSSR count). The highest BCUT2D eigenvalue weighted by Gasteiger charge is 2.26. The summed E-state index contributed by atoms with van der Waals surface area (Å²) in [6.07, 6.45) is 0.977. The van der Waals surface area contributed by atoms with E-state index in [4.69, 9.17) is 0 Å². The molecule has 2 N–H and O–H groups in total. The third kappa shape index (κ3) is 7.60. The molecule has 2 nitrogen and oxygen atoms in total. The number of rotatable bonds is 5. The molecule has 2 unspecified atom stereocenters. The highest BCUT2D eigenvalue weighted by molar-refractivity contribution is 4.76. The molecule has 2 atom stereocenters. The zero-order valence-corrected chi connectivity index (χ0v) is 10.4. The lowest BCUT2D eigenvalue weighted by atomic mass is 10.0. The van der Waals surface area contributed by atoms with Gasteiger partial charge in [0.1, 0.15) is 0 Å². The topological polar surface area (TPSA) is 24.1 Å². The molecule has 1 saturated heterocycles. The van der Waals surface area contributed by atoms with Gasteiger partial charge in [-0.3, -0.25) is 0 Å². The van der Waals surface area contributed by atoms with Gasteiger partial charge in [-0.25, -0.2) is 0 Å². The minimum atomic E-state index is -4.05. The summed E-state index contributed by atoms with van der Waals surface area (Å²) in [7, 11) is 0. The third-order valence-electron chi connectivity index (χ3n) is 3.20. The van der Waals surface area contributed by atoms with Gasteiger partial charge in [-0.05, 0) is 32.7 Å². The van der Waals surface area contributed by atoms with Gasteiger partial charge in [0.15, 0.2) is 0 Å². The van der Waals surface area contributed by atoms with Gasteiger partial charge >= 0.3 is 6.18 Å². The predicted molar refractivity (Wildman–Crippen MR) is 63.0 cm³/mol. The molecule has 5 heteroatoms. The van der Waals surface area contributed by atoms with Crippen molar-refractivity contribution in [2.75, 3.05) is 13.1 Å². The molecular formula is C12H23F3N2. The van der Waals surface area contributed by atoms with Crippen LogP contribution in [0.4, 0.5) is 13.2 Å². The lowest BCUT2D eigenvalue weighted by Crippen LogP contribution is -2.37. The first kappa shape index (κ1) is 14.8. The number of hydrogen-bond donors (Lipinski definition) is 2. The molecule has 1 aliphatic heterocycles. The van der Waals surface area contributed by atoms with Crippen LogP contribution in [0.2, 0.25) is 0 Å². The zero-order valence-electron chi connectivity index (χ0n) is 10.4. The van der Waals surface area contributed by atoms with E-state index in [9.17, 15) is 13.2 Å². The van der Waals surface area contributed by atoms with E-state index in [1.807, 2.05) is 6.92 Å². The van der Waals surface area contributed by atoms with E-state index in [0.29, 0.717) is 6.04 Å². The van der Waals surface area contributed by atoms with Crippen molar-refractivity contribution < 1.29 is 13.2 Å². The Labute approximate surface area is 101 Å². The van der Waals surface area contributed by atoms with E-state index in [2.05, 4.69) is 10.6 Å². The first-order valence-corrected chi connectivity index (χ1v) is 6.51. The molecule has 1 aliphatic rings. The number of hydrogen-bond acceptors (Lipinski definition) is 2. The maximum Gasteiger partial charge on any atom is 0.390 e. The molecule has 0 bridgehead atoms. The first-order chi connectivity index (χ1) is 7.97. The van der Waals surface area contributed by atoms with Crippen LogP contribution in [0.3, 0.4) is 0 Å². The molecule has 0 radical (unpaired) electrons. The van der Waals surface area contributed by atoms with Crippen LogP contribution in [-0.4, -0.2) is 31.3 Å². The van der Waals surface area contributed by atoms with Crippen LogP contribution >= 0.6 is 0 Å². The Morgan fingerprint density at radius 2 is 2.06 bits per heavy atom. The highest BCUT2D eigenvalue weighted by Crippen LogP contribution is 2.18. The van der Waals surface area contributed by atoms with Gasteiger partial charge in [0.05, 0.1) is 6.42 Å². The quantitative estimate of drug-likeness (QED) is 0.786. The molecule has 0 saturated carbocycles. The second-order valence-corrected chi connectivity index (χ2v) is 4.96. The Balaban J connectivity index is 2.12. The Morgan fingerprint density at radius 1 is 1.29 bits per heavy atom. The Morgan fingerprint density at radius 3 is 2.76 bits per heavy atom. The molecule has 0 amide bonds. The first-order valence-electron chi connectivity index (χ1n) is 6.51. The summed E-state index contributed by atoms with van der Waals surface area (Å²) < 4.78 is 35.9. The lowest BCUT2D eigenvalue weighted by molar-refractivity contribution is -0.133. The number of nitrogens with one attached hydrogen (secondary N) is 2. The van der Waals surface area contributed by atoms with Crippen molar-refractivity contribution in [2.24, 2.45) is 0 Å². The fraction of sp³-hybridized carbons (Fsp3) is 1.00. The molecule has 0 aromatic rings. The van der Waals surface area contributed by atoms with Crippen molar-refractivity contribution in [3.05, 3.63) is 0 Å². The number of halogens is 3. The van der Waals surface area contributed by atoms with Crippen LogP contribution in [-0.2, 0) is 0 Å². The molecule has 102 valence electrons. The van der Waals surface area contributed by atoms with Crippen LogP contribution in [0, 0.1) is 0 Å². The van der Waals surface area contributed by atoms with Crippen molar-refractivity contribution >= 4 is 0 Å². The summed E-state index contributed by atoms with van der Waals surface area (Å²) in [5.41, 5.74) is 0. The minimum Gasteiger partial charge on any atom is -0.314 e. The maximum absolute atomic E-state index is 12.0. The smallest absolute Gasteiger partial charge is 0.314 e. The summed E-state index contributed by atoms with van der Waals surface area (Å²) in [4.78, 5) is 0. The Hall–Kier alpha value is -0.290. The van der Waals surface area contributed by atoms with E-state index < -0.39 is 12.6 Å². The Kier molecular flexibility index (Phi) is 6.27. The minimum absolute atomic E-state index is 0.0252. The van der Waals surface area contributed by atoms with E-state index >= 15 is 0 Å². The van der Waals surface area contributed by atoms with Crippen molar-refractivity contribution in [3.8, 4) is 0 Å². The van der Waals surface area contributed by atoms with E-state index in [1.165, 1.54) is 19.3 Å². The van der Waals surface area contributed by atoms with Crippen molar-refractivity contribution in [2.45, 2.75) is 63.7 Å². The van der Waals surface area contributed by atoms with Gasteiger partial charge in [0, 0.05) is 18.6 Å². The van der Waals surface area contributed by atoms with Crippen LogP contribution in [0.1, 0.15) is 45.4 Å². The normalized spacial score (nSPS) is 24.4. The zero-order chi connectivity index (χ0) is 12.7. The number of alkyl halides is 3. The van der Waals surface area contributed by atoms with Crippen LogP contribution < -0.4 is 10.6 Å². The van der Waals surface area contributed by atoms with Crippen molar-refractivity contribution in [3.63, 3.8) is 0 Å². The molecule has 17 heavy (non-hydrogen) atoms. The summed E-state index contributed by atoms with van der Waals surface area (Å²) in [5, 5.41) is 6.40. The summed E-state index contributed by atoms with van der Waals surface area (Å²) in [6, 6.07) is 0.610. The van der Waals surface area contributed by atoms with Crippen molar-refractivity contribution in [1.82, 2.24) is 10.6 Å². The molecule has 1 fully saturated rings. The average Bonchev–Trinajstić information content (AvgIpc) is 2.44. The molecule has 1 heterocycles. The fourth-order valence-electron chi connectivity index (χ4n) is 2.27. The highest BCUT2D eigenvalue weighted by atomic mass is 19.4. The van der Waals surface area contributed by atoms with E-state index in [1.54, 1.807) is 0 Å². The molecule has 0 spiro atoms. The molecule has 0 aromatic heterocycles. The van der Waals surface area contributed by atoms with Gasteiger partial charge in [-0.2, -0.15) is 13.2 Å². The maximum atomic E-state index is 12.0. The van der Waals surface area contributed by atoms with Crippen LogP contribution in [0.5, 0.6) is 0 Å². The second-order valence-electron chi connectivity index (χ2n) is 4.96. The summed E-state index contributed by atoms with van der Waals surface area (Å²) >= 11 is 0. The van der Waals surface area contributed by atoms with Crippen LogP contribution in [0.25, 0.3) is 0 Å². The SMILES string of the molecule is CC(CC1CCCCCN1)NCCC(F)(F)F. The standard InChI is InChI=1S/C12H23F3N2/c1-10(16-8-6-12(13,14)15)9-11-5-3-2-4-7-17-11/h10-11,16-17H,2-9H2,1H3. The monoisotopic (exact) mass is 252 g/mol. The molecular weight excluding hydrogens is 229 g/mol. The molecule has 0 aromatic carbocycles.